The summed E-state index contributed by atoms with van der Waals surface area (Å²) < 4.78 is 30.6. The molecule has 1 rings (SSSR count). The van der Waals surface area contributed by atoms with Crippen molar-refractivity contribution < 1.29 is 22.7 Å². The molecule has 0 aliphatic rings. The van der Waals surface area contributed by atoms with Gasteiger partial charge in [-0.25, -0.2) is 8.42 Å². The Hall–Kier alpha value is -1.34. The van der Waals surface area contributed by atoms with Gasteiger partial charge in [-0.1, -0.05) is 0 Å². The monoisotopic (exact) mass is 247 g/mol. The summed E-state index contributed by atoms with van der Waals surface area (Å²) in [5.41, 5.74) is 0. The third-order valence-corrected chi connectivity index (χ3v) is 3.64. The van der Waals surface area contributed by atoms with Gasteiger partial charge in [0.05, 0.1) is 0 Å². The first-order chi connectivity index (χ1) is 7.24. The van der Waals surface area contributed by atoms with Crippen LogP contribution < -0.4 is 4.72 Å². The summed E-state index contributed by atoms with van der Waals surface area (Å²) in [6, 6.07) is 0.172. The Labute approximate surface area is 93.3 Å². The van der Waals surface area contributed by atoms with Crippen molar-refractivity contribution in [2.75, 3.05) is 0 Å². The number of carbonyl (C=O) groups is 1. The number of hydrogen-bond donors (Lipinski definition) is 2. The first-order valence-corrected chi connectivity index (χ1v) is 6.04. The molecule has 0 aromatic carbocycles. The highest BCUT2D eigenvalue weighted by atomic mass is 32.2. The minimum atomic E-state index is -3.84. The Morgan fingerprint density at radius 1 is 1.50 bits per heavy atom. The Balaban J connectivity index is 3.03. The number of furan rings is 1. The number of nitrogens with one attached hydrogen (secondary N) is 1. The molecule has 0 amide bonds. The second-order valence-electron chi connectivity index (χ2n) is 3.46. The number of aliphatic carboxylic acids is 1. The summed E-state index contributed by atoms with van der Waals surface area (Å²) in [7, 11) is -3.84. The predicted octanol–water partition coefficient (Wildman–Crippen LogP) is 0.648. The van der Waals surface area contributed by atoms with E-state index in [2.05, 4.69) is 0 Å². The van der Waals surface area contributed by atoms with E-state index >= 15 is 0 Å². The van der Waals surface area contributed by atoms with E-state index in [4.69, 9.17) is 9.52 Å². The number of carboxylic acid groups (broad SMARTS) is 1. The summed E-state index contributed by atoms with van der Waals surface area (Å²) >= 11 is 0. The van der Waals surface area contributed by atoms with Gasteiger partial charge in [-0.2, -0.15) is 4.72 Å². The molecule has 0 radical (unpaired) electrons. The van der Waals surface area contributed by atoms with E-state index in [-0.39, 0.29) is 10.7 Å². The predicted molar refractivity (Wildman–Crippen MR) is 55.6 cm³/mol. The van der Waals surface area contributed by atoms with Crippen molar-refractivity contribution in [1.29, 1.82) is 0 Å². The summed E-state index contributed by atoms with van der Waals surface area (Å²) in [6.45, 7) is 4.38. The van der Waals surface area contributed by atoms with Crippen molar-refractivity contribution in [2.45, 2.75) is 31.7 Å². The minimum absolute atomic E-state index is 0.0295. The molecule has 16 heavy (non-hydrogen) atoms. The number of carboxylic acids is 1. The van der Waals surface area contributed by atoms with Crippen LogP contribution in [-0.2, 0) is 14.8 Å². The second kappa shape index (κ2) is 4.26. The molecule has 1 aromatic heterocycles. The fourth-order valence-electron chi connectivity index (χ4n) is 1.22. The largest absolute Gasteiger partial charge is 0.480 e. The number of sulfonamides is 1. The maximum absolute atomic E-state index is 11.7. The smallest absolute Gasteiger partial charge is 0.321 e. The van der Waals surface area contributed by atoms with Crippen LogP contribution in [-0.4, -0.2) is 25.5 Å². The van der Waals surface area contributed by atoms with Gasteiger partial charge in [0.2, 0.25) is 10.0 Å². The van der Waals surface area contributed by atoms with Crippen LogP contribution >= 0.6 is 0 Å². The van der Waals surface area contributed by atoms with Gasteiger partial charge in [-0.05, 0) is 26.8 Å². The fraction of sp³-hybridized carbons (Fsp3) is 0.444. The van der Waals surface area contributed by atoms with Crippen molar-refractivity contribution in [3.05, 3.63) is 17.6 Å². The van der Waals surface area contributed by atoms with Gasteiger partial charge in [0.15, 0.2) is 0 Å². The maximum atomic E-state index is 11.7. The average Bonchev–Trinajstić information content (AvgIpc) is 2.45. The normalized spacial score (nSPS) is 13.7. The van der Waals surface area contributed by atoms with E-state index in [0.717, 1.165) is 0 Å². The number of rotatable bonds is 4. The van der Waals surface area contributed by atoms with Gasteiger partial charge in [-0.15, -0.1) is 0 Å². The van der Waals surface area contributed by atoms with Crippen LogP contribution in [0, 0.1) is 13.8 Å². The highest BCUT2D eigenvalue weighted by Gasteiger charge is 2.25. The van der Waals surface area contributed by atoms with Gasteiger partial charge >= 0.3 is 5.97 Å². The van der Waals surface area contributed by atoms with Gasteiger partial charge in [0.1, 0.15) is 22.5 Å². The lowest BCUT2D eigenvalue weighted by atomic mass is 10.4. The van der Waals surface area contributed by atoms with E-state index in [9.17, 15) is 13.2 Å². The first-order valence-electron chi connectivity index (χ1n) is 4.56. The van der Waals surface area contributed by atoms with Crippen molar-refractivity contribution in [3.63, 3.8) is 0 Å². The fourth-order valence-corrected chi connectivity index (χ4v) is 2.66. The molecule has 6 nitrogen and oxygen atoms in total. The zero-order valence-corrected chi connectivity index (χ0v) is 9.96. The molecule has 2 N–H and O–H groups in total. The summed E-state index contributed by atoms with van der Waals surface area (Å²) in [5, 5.41) is 8.62. The molecule has 0 saturated heterocycles. The molecular weight excluding hydrogens is 234 g/mol. The van der Waals surface area contributed by atoms with Crippen LogP contribution in [0.25, 0.3) is 0 Å². The molecule has 0 bridgehead atoms. The van der Waals surface area contributed by atoms with Crippen LogP contribution in [0.4, 0.5) is 0 Å². The number of hydrogen-bond acceptors (Lipinski definition) is 4. The molecule has 1 aromatic rings. The zero-order chi connectivity index (χ0) is 12.5. The van der Waals surface area contributed by atoms with Gasteiger partial charge in [0.25, 0.3) is 0 Å². The molecule has 90 valence electrons. The SMILES string of the molecule is Cc1cc(S(=O)(=O)N[C@H](C)C(=O)O)c(C)o1. The van der Waals surface area contributed by atoms with Crippen LogP contribution in [0.1, 0.15) is 18.4 Å². The molecule has 0 fully saturated rings. The molecule has 7 heteroatoms. The quantitative estimate of drug-likeness (QED) is 0.814. The second-order valence-corrected chi connectivity index (χ2v) is 5.14. The summed E-state index contributed by atoms with van der Waals surface area (Å²) in [5.74, 6) is -0.537. The highest BCUT2D eigenvalue weighted by Crippen LogP contribution is 2.19. The van der Waals surface area contributed by atoms with Crippen molar-refractivity contribution in [2.24, 2.45) is 0 Å². The van der Waals surface area contributed by atoms with Gasteiger partial charge in [0, 0.05) is 0 Å². The lowest BCUT2D eigenvalue weighted by Gasteiger charge is -2.08. The number of aryl methyl sites for hydroxylation is 2. The van der Waals surface area contributed by atoms with E-state index in [1.807, 2.05) is 4.72 Å². The summed E-state index contributed by atoms with van der Waals surface area (Å²) in [4.78, 5) is 10.5. The molecule has 1 atom stereocenters. The third-order valence-electron chi connectivity index (χ3n) is 1.99. The first kappa shape index (κ1) is 12.7. The minimum Gasteiger partial charge on any atom is -0.480 e. The van der Waals surface area contributed by atoms with Crippen LogP contribution in [0.3, 0.4) is 0 Å². The Kier molecular flexibility index (Phi) is 3.39. The summed E-state index contributed by atoms with van der Waals surface area (Å²) in [6.07, 6.45) is 0. The molecular formula is C9H13NO5S. The molecule has 0 unspecified atom stereocenters. The Bertz CT molecular complexity index is 502. The van der Waals surface area contributed by atoms with E-state index in [1.165, 1.54) is 19.9 Å². The van der Waals surface area contributed by atoms with Crippen LogP contribution in [0.5, 0.6) is 0 Å². The standard InChI is InChI=1S/C9H13NO5S/c1-5-4-8(7(3)15-5)16(13,14)10-6(2)9(11)12/h4,6,10H,1-3H3,(H,11,12)/t6-/m1/s1. The Morgan fingerprint density at radius 2 is 2.06 bits per heavy atom. The van der Waals surface area contributed by atoms with E-state index in [0.29, 0.717) is 5.76 Å². The molecule has 0 aliphatic carbocycles. The van der Waals surface area contributed by atoms with Crippen molar-refractivity contribution in [3.8, 4) is 0 Å². The molecule has 0 aliphatic heterocycles. The molecule has 0 spiro atoms. The topological polar surface area (TPSA) is 96.6 Å². The Morgan fingerprint density at radius 3 is 2.44 bits per heavy atom. The van der Waals surface area contributed by atoms with Gasteiger partial charge < -0.3 is 9.52 Å². The third kappa shape index (κ3) is 2.61. The zero-order valence-electron chi connectivity index (χ0n) is 9.14. The lowest BCUT2D eigenvalue weighted by Crippen LogP contribution is -2.38. The van der Waals surface area contributed by atoms with E-state index < -0.39 is 22.0 Å². The van der Waals surface area contributed by atoms with Crippen molar-refractivity contribution >= 4 is 16.0 Å². The average molecular weight is 247 g/mol. The molecule has 0 saturated carbocycles. The van der Waals surface area contributed by atoms with E-state index in [1.54, 1.807) is 6.92 Å². The highest BCUT2D eigenvalue weighted by molar-refractivity contribution is 7.89. The molecule has 1 heterocycles. The maximum Gasteiger partial charge on any atom is 0.321 e. The van der Waals surface area contributed by atoms with Crippen LogP contribution in [0.15, 0.2) is 15.4 Å². The van der Waals surface area contributed by atoms with Crippen LogP contribution in [0.2, 0.25) is 0 Å². The van der Waals surface area contributed by atoms with Gasteiger partial charge in [-0.3, -0.25) is 4.79 Å². The van der Waals surface area contributed by atoms with Crippen molar-refractivity contribution in [1.82, 2.24) is 4.72 Å². The lowest BCUT2D eigenvalue weighted by molar-refractivity contribution is -0.138.